The Balaban J connectivity index is 2.37. The van der Waals surface area contributed by atoms with Crippen LogP contribution in [0.4, 0.5) is 0 Å². The number of rotatable bonds is 5. The lowest BCUT2D eigenvalue weighted by atomic mass is 10.2. The molecule has 0 aromatic carbocycles. The maximum atomic E-state index is 4.43. The lowest BCUT2D eigenvalue weighted by Gasteiger charge is -2.08. The van der Waals surface area contributed by atoms with Crippen LogP contribution >= 0.6 is 0 Å². The van der Waals surface area contributed by atoms with E-state index in [4.69, 9.17) is 0 Å². The van der Waals surface area contributed by atoms with Gasteiger partial charge in [0.15, 0.2) is 0 Å². The van der Waals surface area contributed by atoms with E-state index >= 15 is 0 Å². The first-order valence-electron chi connectivity index (χ1n) is 5.54. The molecule has 0 saturated heterocycles. The number of aromatic nitrogens is 2. The zero-order chi connectivity index (χ0) is 11.3. The lowest BCUT2D eigenvalue weighted by molar-refractivity contribution is 0.393. The molecule has 0 aliphatic rings. The molecule has 1 heterocycles. The van der Waals surface area contributed by atoms with Crippen molar-refractivity contribution in [3.63, 3.8) is 0 Å². The molecule has 84 valence electrons. The molecular formula is C12H21N3. The molecule has 1 aromatic heterocycles. The van der Waals surface area contributed by atoms with Crippen LogP contribution in [0.2, 0.25) is 0 Å². The highest BCUT2D eigenvalue weighted by molar-refractivity contribution is 5.08. The molecule has 0 radical (unpaired) electrons. The summed E-state index contributed by atoms with van der Waals surface area (Å²) >= 11 is 0. The number of aryl methyl sites for hydroxylation is 3. The van der Waals surface area contributed by atoms with Gasteiger partial charge >= 0.3 is 0 Å². The second-order valence-corrected chi connectivity index (χ2v) is 4.33. The highest BCUT2D eigenvalue weighted by Gasteiger charge is 1.99. The summed E-state index contributed by atoms with van der Waals surface area (Å²) < 4.78 is 0. The van der Waals surface area contributed by atoms with E-state index in [1.54, 1.807) is 0 Å². The van der Waals surface area contributed by atoms with E-state index in [9.17, 15) is 0 Å². The lowest BCUT2D eigenvalue weighted by Crippen LogP contribution is -2.13. The molecule has 0 aliphatic carbocycles. The molecule has 0 aliphatic heterocycles. The Morgan fingerprint density at radius 1 is 1.07 bits per heavy atom. The molecule has 0 saturated carbocycles. The highest BCUT2D eigenvalue weighted by Crippen LogP contribution is 2.03. The Hall–Kier alpha value is -0.960. The van der Waals surface area contributed by atoms with Crippen molar-refractivity contribution < 1.29 is 0 Å². The minimum atomic E-state index is 0.992. The standard InChI is InChI=1S/C12H21N3/c1-10-9-11(2)14-12(13-10)7-5-6-8-15(3)4/h9H,5-8H2,1-4H3. The fourth-order valence-electron chi connectivity index (χ4n) is 1.62. The fourth-order valence-corrected chi connectivity index (χ4v) is 1.62. The summed E-state index contributed by atoms with van der Waals surface area (Å²) in [5, 5.41) is 0. The van der Waals surface area contributed by atoms with Gasteiger partial charge in [-0.1, -0.05) is 0 Å². The summed E-state index contributed by atoms with van der Waals surface area (Å²) in [5.74, 6) is 0.992. The maximum absolute atomic E-state index is 4.43. The summed E-state index contributed by atoms with van der Waals surface area (Å²) in [5.41, 5.74) is 2.15. The Bertz CT molecular complexity index is 287. The Labute approximate surface area is 92.6 Å². The predicted molar refractivity (Wildman–Crippen MR) is 63.0 cm³/mol. The van der Waals surface area contributed by atoms with Crippen LogP contribution in [-0.4, -0.2) is 35.5 Å². The van der Waals surface area contributed by atoms with Crippen molar-refractivity contribution in [2.45, 2.75) is 33.1 Å². The number of unbranched alkanes of at least 4 members (excludes halogenated alkanes) is 1. The third kappa shape index (κ3) is 4.88. The Morgan fingerprint density at radius 3 is 2.20 bits per heavy atom. The van der Waals surface area contributed by atoms with Crippen molar-refractivity contribution in [3.05, 3.63) is 23.3 Å². The Kier molecular flexibility index (Phi) is 4.69. The fraction of sp³-hybridized carbons (Fsp3) is 0.667. The third-order valence-electron chi connectivity index (χ3n) is 2.28. The first-order valence-corrected chi connectivity index (χ1v) is 5.54. The molecule has 0 fully saturated rings. The van der Waals surface area contributed by atoms with E-state index in [2.05, 4.69) is 29.0 Å². The van der Waals surface area contributed by atoms with Crippen LogP contribution in [-0.2, 0) is 6.42 Å². The van der Waals surface area contributed by atoms with E-state index in [0.717, 1.165) is 30.2 Å². The zero-order valence-corrected chi connectivity index (χ0v) is 10.2. The van der Waals surface area contributed by atoms with Gasteiger partial charge in [0.2, 0.25) is 0 Å². The van der Waals surface area contributed by atoms with Gasteiger partial charge in [-0.25, -0.2) is 9.97 Å². The average Bonchev–Trinajstić information content (AvgIpc) is 2.10. The second-order valence-electron chi connectivity index (χ2n) is 4.33. The molecule has 0 unspecified atom stereocenters. The van der Waals surface area contributed by atoms with Gasteiger partial charge < -0.3 is 4.90 Å². The SMILES string of the molecule is Cc1cc(C)nc(CCCCN(C)C)n1. The zero-order valence-electron chi connectivity index (χ0n) is 10.2. The maximum Gasteiger partial charge on any atom is 0.128 e. The molecule has 3 heteroatoms. The predicted octanol–water partition coefficient (Wildman–Crippen LogP) is 1.98. The van der Waals surface area contributed by atoms with Gasteiger partial charge in [-0.2, -0.15) is 0 Å². The van der Waals surface area contributed by atoms with Gasteiger partial charge in [-0.15, -0.1) is 0 Å². The summed E-state index contributed by atoms with van der Waals surface area (Å²) in [4.78, 5) is 11.1. The number of nitrogens with zero attached hydrogens (tertiary/aromatic N) is 3. The molecule has 1 aromatic rings. The molecule has 3 nitrogen and oxygen atoms in total. The summed E-state index contributed by atoms with van der Waals surface area (Å²) in [6.07, 6.45) is 3.38. The first-order chi connectivity index (χ1) is 7.08. The van der Waals surface area contributed by atoms with E-state index in [1.807, 2.05) is 19.9 Å². The second kappa shape index (κ2) is 5.81. The van der Waals surface area contributed by atoms with E-state index in [-0.39, 0.29) is 0 Å². The summed E-state index contributed by atoms with van der Waals surface area (Å²) in [7, 11) is 4.21. The van der Waals surface area contributed by atoms with Gasteiger partial charge in [0.1, 0.15) is 5.82 Å². The van der Waals surface area contributed by atoms with Crippen molar-refractivity contribution in [2.75, 3.05) is 20.6 Å². The molecule has 0 N–H and O–H groups in total. The summed E-state index contributed by atoms with van der Waals surface area (Å²) in [6.45, 7) is 5.20. The third-order valence-corrected chi connectivity index (χ3v) is 2.28. The molecule has 0 atom stereocenters. The van der Waals surface area contributed by atoms with Gasteiger partial charge in [-0.05, 0) is 53.4 Å². The van der Waals surface area contributed by atoms with Crippen molar-refractivity contribution in [3.8, 4) is 0 Å². The van der Waals surface area contributed by atoms with Gasteiger partial charge in [-0.3, -0.25) is 0 Å². The minimum Gasteiger partial charge on any atom is -0.309 e. The van der Waals surface area contributed by atoms with Gasteiger partial charge in [0.25, 0.3) is 0 Å². The normalized spacial score (nSPS) is 11.0. The molecule has 15 heavy (non-hydrogen) atoms. The molecule has 0 spiro atoms. The highest BCUT2D eigenvalue weighted by atomic mass is 15.0. The van der Waals surface area contributed by atoms with Crippen molar-refractivity contribution >= 4 is 0 Å². The number of hydrogen-bond donors (Lipinski definition) is 0. The van der Waals surface area contributed by atoms with Crippen LogP contribution in [0.15, 0.2) is 6.07 Å². The largest absolute Gasteiger partial charge is 0.309 e. The van der Waals surface area contributed by atoms with Gasteiger partial charge in [0, 0.05) is 17.8 Å². The van der Waals surface area contributed by atoms with Crippen LogP contribution in [0.5, 0.6) is 0 Å². The van der Waals surface area contributed by atoms with Crippen LogP contribution in [0, 0.1) is 13.8 Å². The number of hydrogen-bond acceptors (Lipinski definition) is 3. The molecule has 0 amide bonds. The van der Waals surface area contributed by atoms with Crippen LogP contribution in [0.25, 0.3) is 0 Å². The van der Waals surface area contributed by atoms with E-state index < -0.39 is 0 Å². The van der Waals surface area contributed by atoms with Gasteiger partial charge in [0.05, 0.1) is 0 Å². The average molecular weight is 207 g/mol. The molecule has 1 rings (SSSR count). The van der Waals surface area contributed by atoms with E-state index in [1.165, 1.54) is 12.8 Å². The molecular weight excluding hydrogens is 186 g/mol. The van der Waals surface area contributed by atoms with Crippen LogP contribution in [0.3, 0.4) is 0 Å². The van der Waals surface area contributed by atoms with E-state index in [0.29, 0.717) is 0 Å². The first kappa shape index (κ1) is 12.1. The van der Waals surface area contributed by atoms with Crippen molar-refractivity contribution in [1.29, 1.82) is 0 Å². The minimum absolute atomic E-state index is 0.992. The van der Waals surface area contributed by atoms with Crippen LogP contribution in [0.1, 0.15) is 30.1 Å². The Morgan fingerprint density at radius 2 is 1.67 bits per heavy atom. The molecule has 0 bridgehead atoms. The van der Waals surface area contributed by atoms with Crippen molar-refractivity contribution in [1.82, 2.24) is 14.9 Å². The van der Waals surface area contributed by atoms with Crippen LogP contribution < -0.4 is 0 Å². The van der Waals surface area contributed by atoms with Crippen molar-refractivity contribution in [2.24, 2.45) is 0 Å². The summed E-state index contributed by atoms with van der Waals surface area (Å²) in [6, 6.07) is 2.02. The monoisotopic (exact) mass is 207 g/mol. The topological polar surface area (TPSA) is 29.0 Å². The smallest absolute Gasteiger partial charge is 0.128 e. The quantitative estimate of drug-likeness (QED) is 0.691.